The van der Waals surface area contributed by atoms with Crippen molar-refractivity contribution in [3.63, 3.8) is 0 Å². The van der Waals surface area contributed by atoms with Gasteiger partial charge in [-0.3, -0.25) is 0 Å². The molecule has 0 spiro atoms. The Morgan fingerprint density at radius 3 is 2.67 bits per heavy atom. The van der Waals surface area contributed by atoms with Crippen LogP contribution in [0.15, 0.2) is 0 Å². The highest BCUT2D eigenvalue weighted by molar-refractivity contribution is 5.02. The fraction of sp³-hybridized carbons (Fsp3) is 1.00. The Hall–Kier alpha value is -0.160. The van der Waals surface area contributed by atoms with Crippen molar-refractivity contribution in [1.29, 1.82) is 0 Å². The van der Waals surface area contributed by atoms with Gasteiger partial charge in [0.1, 0.15) is 0 Å². The molecule has 0 saturated heterocycles. The number of rotatable bonds is 8. The fourth-order valence-corrected chi connectivity index (χ4v) is 2.13. The van der Waals surface area contributed by atoms with E-state index in [1.807, 2.05) is 0 Å². The lowest BCUT2D eigenvalue weighted by Crippen LogP contribution is -2.62. The minimum absolute atomic E-state index is 0.125. The summed E-state index contributed by atoms with van der Waals surface area (Å²) in [5.74, 6) is 0. The van der Waals surface area contributed by atoms with Gasteiger partial charge in [0, 0.05) is 25.8 Å². The van der Waals surface area contributed by atoms with Crippen molar-refractivity contribution in [1.82, 2.24) is 5.32 Å². The molecule has 4 N–H and O–H groups in total. The van der Waals surface area contributed by atoms with E-state index in [-0.39, 0.29) is 5.54 Å². The van der Waals surface area contributed by atoms with Gasteiger partial charge in [-0.2, -0.15) is 0 Å². The lowest BCUT2D eigenvalue weighted by molar-refractivity contribution is -0.0264. The molecule has 0 heterocycles. The van der Waals surface area contributed by atoms with Crippen LogP contribution in [0.4, 0.5) is 0 Å². The third-order valence-electron chi connectivity index (χ3n) is 3.30. The van der Waals surface area contributed by atoms with Crippen LogP contribution >= 0.6 is 0 Å². The van der Waals surface area contributed by atoms with Crippen LogP contribution in [0.3, 0.4) is 0 Å². The summed E-state index contributed by atoms with van der Waals surface area (Å²) in [6, 6.07) is 0. The van der Waals surface area contributed by atoms with Crippen molar-refractivity contribution in [3.8, 4) is 0 Å². The molecule has 15 heavy (non-hydrogen) atoms. The van der Waals surface area contributed by atoms with E-state index in [2.05, 4.69) is 5.32 Å². The predicted molar refractivity (Wildman–Crippen MR) is 60.8 cm³/mol. The summed E-state index contributed by atoms with van der Waals surface area (Å²) in [5.41, 5.74) is 5.89. The van der Waals surface area contributed by atoms with E-state index < -0.39 is 0 Å². The van der Waals surface area contributed by atoms with E-state index in [0.717, 1.165) is 38.6 Å². The summed E-state index contributed by atoms with van der Waals surface area (Å²) in [6.07, 6.45) is 5.54. The highest BCUT2D eigenvalue weighted by Gasteiger charge is 2.42. The Bertz CT molecular complexity index is 170. The Morgan fingerprint density at radius 2 is 2.13 bits per heavy atom. The van der Waals surface area contributed by atoms with Crippen molar-refractivity contribution in [2.75, 3.05) is 26.8 Å². The van der Waals surface area contributed by atoms with E-state index in [0.29, 0.717) is 19.3 Å². The highest BCUT2D eigenvalue weighted by atomic mass is 16.5. The van der Waals surface area contributed by atoms with E-state index in [9.17, 15) is 0 Å². The van der Waals surface area contributed by atoms with Crippen LogP contribution in [0.5, 0.6) is 0 Å². The number of aliphatic hydroxyl groups is 1. The smallest absolute Gasteiger partial charge is 0.0607 e. The molecule has 0 radical (unpaired) electrons. The molecule has 0 bridgehead atoms. The molecule has 4 nitrogen and oxygen atoms in total. The van der Waals surface area contributed by atoms with Crippen molar-refractivity contribution >= 4 is 0 Å². The van der Waals surface area contributed by atoms with Crippen LogP contribution in [0.2, 0.25) is 0 Å². The second-order valence-electron chi connectivity index (χ2n) is 4.46. The number of methoxy groups -OCH3 is 1. The molecule has 1 fully saturated rings. The highest BCUT2D eigenvalue weighted by Crippen LogP contribution is 2.33. The molecular weight excluding hydrogens is 192 g/mol. The Balaban J connectivity index is 2.08. The molecule has 1 rings (SSSR count). The van der Waals surface area contributed by atoms with E-state index >= 15 is 0 Å². The maximum atomic E-state index is 8.64. The molecule has 1 aliphatic carbocycles. The lowest BCUT2D eigenvalue weighted by atomic mass is 9.74. The van der Waals surface area contributed by atoms with Gasteiger partial charge in [-0.15, -0.1) is 0 Å². The summed E-state index contributed by atoms with van der Waals surface area (Å²) in [4.78, 5) is 0. The van der Waals surface area contributed by atoms with Crippen LogP contribution in [-0.4, -0.2) is 43.6 Å². The number of hydrogen-bond acceptors (Lipinski definition) is 4. The number of aliphatic hydroxyl groups excluding tert-OH is 1. The lowest BCUT2D eigenvalue weighted by Gasteiger charge is -2.47. The Kier molecular flexibility index (Phi) is 5.53. The van der Waals surface area contributed by atoms with Crippen LogP contribution < -0.4 is 11.1 Å². The molecule has 1 saturated carbocycles. The molecule has 4 heteroatoms. The first-order valence-corrected chi connectivity index (χ1v) is 5.85. The van der Waals surface area contributed by atoms with Crippen LogP contribution in [0.25, 0.3) is 0 Å². The molecule has 90 valence electrons. The third-order valence-corrected chi connectivity index (χ3v) is 3.30. The quantitative estimate of drug-likeness (QED) is 0.509. The summed E-state index contributed by atoms with van der Waals surface area (Å²) in [5, 5.41) is 12.2. The van der Waals surface area contributed by atoms with Gasteiger partial charge in [0.25, 0.3) is 0 Å². The van der Waals surface area contributed by atoms with Gasteiger partial charge in [-0.1, -0.05) is 0 Å². The van der Waals surface area contributed by atoms with Gasteiger partial charge >= 0.3 is 0 Å². The zero-order valence-electron chi connectivity index (χ0n) is 9.67. The van der Waals surface area contributed by atoms with Crippen molar-refractivity contribution in [2.45, 2.75) is 43.7 Å². The molecule has 0 aliphatic heterocycles. The average molecular weight is 216 g/mol. The Morgan fingerprint density at radius 1 is 1.40 bits per heavy atom. The van der Waals surface area contributed by atoms with Crippen LogP contribution in [0.1, 0.15) is 32.1 Å². The summed E-state index contributed by atoms with van der Waals surface area (Å²) in [6.45, 7) is 1.98. The first-order chi connectivity index (χ1) is 7.26. The topological polar surface area (TPSA) is 67.5 Å². The molecular formula is C11H24N2O2. The van der Waals surface area contributed by atoms with E-state index in [1.54, 1.807) is 7.11 Å². The zero-order valence-corrected chi connectivity index (χ0v) is 9.67. The summed E-state index contributed by atoms with van der Waals surface area (Å²) < 4.78 is 5.26. The molecule has 0 aromatic heterocycles. The van der Waals surface area contributed by atoms with Gasteiger partial charge in [0.15, 0.2) is 0 Å². The molecule has 0 amide bonds. The molecule has 1 aliphatic rings. The second-order valence-corrected chi connectivity index (χ2v) is 4.46. The maximum absolute atomic E-state index is 8.64. The first kappa shape index (κ1) is 12.9. The maximum Gasteiger partial charge on any atom is 0.0607 e. The van der Waals surface area contributed by atoms with Gasteiger partial charge in [0.2, 0.25) is 0 Å². The minimum atomic E-state index is 0.125. The van der Waals surface area contributed by atoms with Crippen LogP contribution in [-0.2, 0) is 4.74 Å². The first-order valence-electron chi connectivity index (χ1n) is 5.85. The average Bonchev–Trinajstić information content (AvgIpc) is 2.21. The van der Waals surface area contributed by atoms with Crippen molar-refractivity contribution < 1.29 is 9.84 Å². The zero-order chi connectivity index (χ0) is 11.1. The summed E-state index contributed by atoms with van der Waals surface area (Å²) in [7, 11) is 1.76. The van der Waals surface area contributed by atoms with Gasteiger partial charge < -0.3 is 20.9 Å². The number of ether oxygens (including phenoxy) is 1. The molecule has 0 unspecified atom stereocenters. The van der Waals surface area contributed by atoms with Crippen molar-refractivity contribution in [2.24, 2.45) is 5.73 Å². The van der Waals surface area contributed by atoms with Gasteiger partial charge in [-0.25, -0.2) is 0 Å². The van der Waals surface area contributed by atoms with Crippen molar-refractivity contribution in [3.05, 3.63) is 0 Å². The monoisotopic (exact) mass is 216 g/mol. The third kappa shape index (κ3) is 3.72. The predicted octanol–water partition coefficient (Wildman–Crippen LogP) is 0.245. The summed E-state index contributed by atoms with van der Waals surface area (Å²) >= 11 is 0. The van der Waals surface area contributed by atoms with Gasteiger partial charge in [-0.05, 0) is 38.6 Å². The Labute approximate surface area is 92.2 Å². The molecule has 0 atom stereocenters. The minimum Gasteiger partial charge on any atom is -0.396 e. The fourth-order valence-electron chi connectivity index (χ4n) is 2.13. The standard InChI is InChI=1S/C11H24N2O2/c1-15-10-7-11(8-10,9-12)13-5-3-2-4-6-14/h10,13-14H,2-9,12H2,1H3. The number of nitrogens with two attached hydrogens (primary N) is 1. The number of nitrogens with one attached hydrogen (secondary N) is 1. The largest absolute Gasteiger partial charge is 0.396 e. The molecule has 0 aromatic rings. The normalized spacial score (nSPS) is 30.2. The second kappa shape index (κ2) is 6.43. The SMILES string of the molecule is COC1CC(CN)(NCCCCCO)C1. The molecule has 0 aromatic carbocycles. The van der Waals surface area contributed by atoms with E-state index in [4.69, 9.17) is 15.6 Å². The van der Waals surface area contributed by atoms with E-state index in [1.165, 1.54) is 0 Å². The van der Waals surface area contributed by atoms with Crippen LogP contribution in [0, 0.1) is 0 Å². The van der Waals surface area contributed by atoms with Gasteiger partial charge in [0.05, 0.1) is 6.10 Å². The number of hydrogen-bond donors (Lipinski definition) is 3. The number of unbranched alkanes of at least 4 members (excludes halogenated alkanes) is 2.